The van der Waals surface area contributed by atoms with Crippen LogP contribution in [0.1, 0.15) is 38.7 Å². The van der Waals surface area contributed by atoms with Crippen LogP contribution in [0.25, 0.3) is 6.08 Å². The monoisotopic (exact) mass is 212 g/mol. The van der Waals surface area contributed by atoms with Gasteiger partial charge in [-0.2, -0.15) is 0 Å². The Bertz CT molecular complexity index is 393. The summed E-state index contributed by atoms with van der Waals surface area (Å²) in [6, 6.07) is 10.5. The summed E-state index contributed by atoms with van der Waals surface area (Å²) in [7, 11) is 0. The molecule has 0 N–H and O–H groups in total. The highest BCUT2D eigenvalue weighted by atomic mass is 14.3. The van der Waals surface area contributed by atoms with Crippen molar-refractivity contribution in [3.05, 3.63) is 53.6 Å². The number of hydrogen-bond donors (Lipinski definition) is 0. The van der Waals surface area contributed by atoms with Gasteiger partial charge in [0.05, 0.1) is 0 Å². The largest absolute Gasteiger partial charge is 0.0646 e. The Hall–Kier alpha value is -1.30. The van der Waals surface area contributed by atoms with Crippen LogP contribution in [0.4, 0.5) is 0 Å². The lowest BCUT2D eigenvalue weighted by atomic mass is 9.87. The molecule has 0 heterocycles. The van der Waals surface area contributed by atoms with E-state index >= 15 is 0 Å². The first-order valence-electron chi connectivity index (χ1n) is 6.11. The highest BCUT2D eigenvalue weighted by molar-refractivity contribution is 5.51. The molecule has 1 aliphatic carbocycles. The molecule has 1 saturated carbocycles. The predicted octanol–water partition coefficient (Wildman–Crippen LogP) is 4.84. The normalized spacial score (nSPS) is 22.0. The molecule has 0 saturated heterocycles. The minimum atomic E-state index is 0.418. The van der Waals surface area contributed by atoms with Crippen molar-refractivity contribution in [1.29, 1.82) is 0 Å². The highest BCUT2D eigenvalue weighted by Gasteiger charge is 2.27. The van der Waals surface area contributed by atoms with Crippen LogP contribution in [0.3, 0.4) is 0 Å². The molecule has 84 valence electrons. The molecular weight excluding hydrogens is 192 g/mol. The Morgan fingerprint density at radius 2 is 1.88 bits per heavy atom. The van der Waals surface area contributed by atoms with E-state index in [1.165, 1.54) is 24.8 Å². The lowest BCUT2D eigenvalue weighted by Gasteiger charge is -2.18. The second-order valence-corrected chi connectivity index (χ2v) is 5.20. The third-order valence-electron chi connectivity index (χ3n) is 3.50. The van der Waals surface area contributed by atoms with Crippen molar-refractivity contribution in [2.24, 2.45) is 5.41 Å². The molecule has 0 bridgehead atoms. The minimum Gasteiger partial charge on any atom is -0.0646 e. The van der Waals surface area contributed by atoms with Gasteiger partial charge in [-0.15, -0.1) is 0 Å². The molecule has 0 unspecified atom stereocenters. The molecule has 0 aromatic heterocycles. The van der Waals surface area contributed by atoms with Gasteiger partial charge in [0, 0.05) is 0 Å². The third-order valence-corrected chi connectivity index (χ3v) is 3.50. The van der Waals surface area contributed by atoms with E-state index in [-0.39, 0.29) is 0 Å². The summed E-state index contributed by atoms with van der Waals surface area (Å²) >= 11 is 0. The standard InChI is InChI=1S/C16H20/c1-16(2)13-7-12-15(16)11-6-10-14-8-4-3-5-9-14/h3-6,8-11H,7,12-13H2,1-2H3/b10-6+,15-11-. The molecule has 2 rings (SSSR count). The molecule has 0 atom stereocenters. The lowest BCUT2D eigenvalue weighted by molar-refractivity contribution is 0.462. The van der Waals surface area contributed by atoms with Gasteiger partial charge in [-0.05, 0) is 30.2 Å². The van der Waals surface area contributed by atoms with E-state index in [0.717, 1.165) is 0 Å². The van der Waals surface area contributed by atoms with Gasteiger partial charge in [-0.25, -0.2) is 0 Å². The average Bonchev–Trinajstić information content (AvgIpc) is 2.60. The fourth-order valence-corrected chi connectivity index (χ4v) is 2.37. The van der Waals surface area contributed by atoms with Crippen molar-refractivity contribution < 1.29 is 0 Å². The zero-order valence-electron chi connectivity index (χ0n) is 10.2. The van der Waals surface area contributed by atoms with Crippen LogP contribution in [0.2, 0.25) is 0 Å². The van der Waals surface area contributed by atoms with Crippen LogP contribution in [-0.4, -0.2) is 0 Å². The van der Waals surface area contributed by atoms with Gasteiger partial charge in [0.1, 0.15) is 0 Å². The summed E-state index contributed by atoms with van der Waals surface area (Å²) in [6.45, 7) is 4.70. The molecule has 16 heavy (non-hydrogen) atoms. The SMILES string of the molecule is CC1(C)CCC/C1=C/C=C/c1ccccc1. The van der Waals surface area contributed by atoms with Gasteiger partial charge in [0.2, 0.25) is 0 Å². The summed E-state index contributed by atoms with van der Waals surface area (Å²) in [5.74, 6) is 0. The number of rotatable bonds is 2. The van der Waals surface area contributed by atoms with Crippen LogP contribution >= 0.6 is 0 Å². The molecular formula is C16H20. The maximum Gasteiger partial charge on any atom is -0.0141 e. The van der Waals surface area contributed by atoms with E-state index < -0.39 is 0 Å². The van der Waals surface area contributed by atoms with Crippen molar-refractivity contribution in [1.82, 2.24) is 0 Å². The minimum absolute atomic E-state index is 0.418. The van der Waals surface area contributed by atoms with E-state index in [0.29, 0.717) is 5.41 Å². The van der Waals surface area contributed by atoms with Gasteiger partial charge in [-0.1, -0.05) is 68.0 Å². The predicted molar refractivity (Wildman–Crippen MR) is 71.2 cm³/mol. The molecule has 0 amide bonds. The number of allylic oxidation sites excluding steroid dienone is 3. The Morgan fingerprint density at radius 1 is 1.12 bits per heavy atom. The molecule has 1 aliphatic rings. The Balaban J connectivity index is 2.07. The van der Waals surface area contributed by atoms with Gasteiger partial charge in [-0.3, -0.25) is 0 Å². The molecule has 0 spiro atoms. The second kappa shape index (κ2) is 4.69. The Kier molecular flexibility index (Phi) is 3.28. The van der Waals surface area contributed by atoms with Crippen molar-refractivity contribution in [2.75, 3.05) is 0 Å². The van der Waals surface area contributed by atoms with E-state index in [2.05, 4.69) is 62.4 Å². The second-order valence-electron chi connectivity index (χ2n) is 5.20. The summed E-state index contributed by atoms with van der Waals surface area (Å²) in [4.78, 5) is 0. The summed E-state index contributed by atoms with van der Waals surface area (Å²) in [5.41, 5.74) is 3.29. The Morgan fingerprint density at radius 3 is 2.50 bits per heavy atom. The topological polar surface area (TPSA) is 0 Å². The fraction of sp³-hybridized carbons (Fsp3) is 0.375. The summed E-state index contributed by atoms with van der Waals surface area (Å²) < 4.78 is 0. The molecule has 1 aromatic carbocycles. The maximum atomic E-state index is 2.35. The van der Waals surface area contributed by atoms with Crippen LogP contribution in [0, 0.1) is 5.41 Å². The summed E-state index contributed by atoms with van der Waals surface area (Å²) in [5, 5.41) is 0. The van der Waals surface area contributed by atoms with Crippen LogP contribution in [0.15, 0.2) is 48.1 Å². The third kappa shape index (κ3) is 2.63. The van der Waals surface area contributed by atoms with Gasteiger partial charge >= 0.3 is 0 Å². The van der Waals surface area contributed by atoms with E-state index in [1.54, 1.807) is 5.57 Å². The molecule has 0 nitrogen and oxygen atoms in total. The smallest absolute Gasteiger partial charge is 0.0141 e. The average molecular weight is 212 g/mol. The van der Waals surface area contributed by atoms with Crippen LogP contribution in [-0.2, 0) is 0 Å². The van der Waals surface area contributed by atoms with Crippen molar-refractivity contribution in [3.63, 3.8) is 0 Å². The van der Waals surface area contributed by atoms with Gasteiger partial charge < -0.3 is 0 Å². The van der Waals surface area contributed by atoms with Crippen molar-refractivity contribution >= 4 is 6.08 Å². The van der Waals surface area contributed by atoms with Crippen molar-refractivity contribution in [2.45, 2.75) is 33.1 Å². The van der Waals surface area contributed by atoms with E-state index in [1.807, 2.05) is 0 Å². The quantitative estimate of drug-likeness (QED) is 0.658. The number of hydrogen-bond acceptors (Lipinski definition) is 0. The highest BCUT2D eigenvalue weighted by Crippen LogP contribution is 2.41. The zero-order valence-corrected chi connectivity index (χ0v) is 10.2. The zero-order chi connectivity index (χ0) is 11.4. The fourth-order valence-electron chi connectivity index (χ4n) is 2.37. The van der Waals surface area contributed by atoms with Crippen LogP contribution < -0.4 is 0 Å². The van der Waals surface area contributed by atoms with Crippen LogP contribution in [0.5, 0.6) is 0 Å². The van der Waals surface area contributed by atoms with E-state index in [9.17, 15) is 0 Å². The van der Waals surface area contributed by atoms with Crippen molar-refractivity contribution in [3.8, 4) is 0 Å². The molecule has 1 fully saturated rings. The Labute approximate surface area is 98.7 Å². The van der Waals surface area contributed by atoms with Gasteiger partial charge in [0.15, 0.2) is 0 Å². The molecule has 1 aromatic rings. The first-order chi connectivity index (χ1) is 7.68. The van der Waals surface area contributed by atoms with E-state index in [4.69, 9.17) is 0 Å². The lowest BCUT2D eigenvalue weighted by Crippen LogP contribution is -2.06. The first kappa shape index (κ1) is 11.2. The number of benzene rings is 1. The van der Waals surface area contributed by atoms with Gasteiger partial charge in [0.25, 0.3) is 0 Å². The summed E-state index contributed by atoms with van der Waals surface area (Å²) in [6.07, 6.45) is 10.6. The maximum absolute atomic E-state index is 2.35. The first-order valence-corrected chi connectivity index (χ1v) is 6.11. The molecule has 0 heteroatoms. The molecule has 0 radical (unpaired) electrons. The molecule has 0 aliphatic heterocycles.